The van der Waals surface area contributed by atoms with E-state index < -0.39 is 47.9 Å². The quantitative estimate of drug-likeness (QED) is 0.463. The molecule has 1 aromatic rings. The first-order chi connectivity index (χ1) is 16.2. The summed E-state index contributed by atoms with van der Waals surface area (Å²) in [5.74, 6) is 0.894. The van der Waals surface area contributed by atoms with Crippen molar-refractivity contribution in [1.29, 1.82) is 0 Å². The molecule has 4 atom stereocenters. The molecule has 1 aromatic carbocycles. The number of rotatable bonds is 9. The van der Waals surface area contributed by atoms with Crippen LogP contribution in [-0.2, 0) is 19.1 Å². The van der Waals surface area contributed by atoms with E-state index in [1.165, 1.54) is 4.90 Å². The lowest BCUT2D eigenvalue weighted by atomic mass is 9.96. The Morgan fingerprint density at radius 3 is 2.29 bits per heavy atom. The Bertz CT molecular complexity index is 1010. The fourth-order valence-electron chi connectivity index (χ4n) is 3.85. The van der Waals surface area contributed by atoms with Gasteiger partial charge < -0.3 is 26.0 Å². The molecule has 1 aliphatic rings. The molecule has 190 valence electrons. The predicted octanol–water partition coefficient (Wildman–Crippen LogP) is 2.24. The highest BCUT2D eigenvalue weighted by Gasteiger charge is 2.48. The highest BCUT2D eigenvalue weighted by molar-refractivity contribution is 5.95. The van der Waals surface area contributed by atoms with E-state index in [0.29, 0.717) is 17.5 Å². The number of nitrogens with one attached hydrogen (secondary N) is 2. The van der Waals surface area contributed by atoms with Crippen LogP contribution < -0.4 is 16.4 Å². The number of hydrogen-bond acceptors (Lipinski definition) is 5. The molecule has 1 saturated carbocycles. The summed E-state index contributed by atoms with van der Waals surface area (Å²) in [5, 5.41) is 5.34. The molecular weight excluding hydrogens is 448 g/mol. The zero-order valence-electron chi connectivity index (χ0n) is 21.3. The van der Waals surface area contributed by atoms with Crippen LogP contribution in [0.15, 0.2) is 24.3 Å². The van der Waals surface area contributed by atoms with E-state index in [0.717, 1.165) is 0 Å². The Morgan fingerprint density at radius 1 is 1.20 bits per heavy atom. The number of carbonyl (C=O) groups is 4. The third kappa shape index (κ3) is 7.74. The van der Waals surface area contributed by atoms with Crippen LogP contribution >= 0.6 is 0 Å². The van der Waals surface area contributed by atoms with Crippen LogP contribution in [0.2, 0.25) is 0 Å². The fraction of sp³-hybridized carbons (Fsp3) is 0.538. The number of ether oxygens (including phenoxy) is 1. The van der Waals surface area contributed by atoms with Gasteiger partial charge in [0.25, 0.3) is 0 Å². The first kappa shape index (κ1) is 27.7. The first-order valence-electron chi connectivity index (χ1n) is 11.7. The molecule has 35 heavy (non-hydrogen) atoms. The highest BCUT2D eigenvalue weighted by atomic mass is 16.6. The van der Waals surface area contributed by atoms with Crippen molar-refractivity contribution in [3.8, 4) is 12.3 Å². The monoisotopic (exact) mass is 484 g/mol. The van der Waals surface area contributed by atoms with E-state index in [2.05, 4.69) is 16.6 Å². The lowest BCUT2D eigenvalue weighted by Gasteiger charge is -2.35. The second-order valence-electron chi connectivity index (χ2n) is 10.2. The molecular formula is C26H36N4O5. The number of nitrogens with zero attached hydrogens (tertiary/aromatic N) is 1. The van der Waals surface area contributed by atoms with Gasteiger partial charge in [-0.1, -0.05) is 31.0 Å². The lowest BCUT2D eigenvalue weighted by Crippen LogP contribution is -2.55. The Labute approximate surface area is 207 Å². The minimum absolute atomic E-state index is 0.113. The number of nitrogens with two attached hydrogens (primary N) is 1. The predicted molar refractivity (Wildman–Crippen MR) is 132 cm³/mol. The van der Waals surface area contributed by atoms with Crippen molar-refractivity contribution in [2.75, 3.05) is 0 Å². The zero-order chi connectivity index (χ0) is 26.5. The van der Waals surface area contributed by atoms with Crippen LogP contribution in [0.1, 0.15) is 71.6 Å². The summed E-state index contributed by atoms with van der Waals surface area (Å²) in [6, 6.07) is 4.03. The number of alkyl carbamates (subject to hydrolysis) is 1. The number of benzene rings is 1. The Hall–Kier alpha value is -3.54. The molecule has 0 spiro atoms. The van der Waals surface area contributed by atoms with Crippen molar-refractivity contribution in [3.63, 3.8) is 0 Å². The number of hydrogen-bond donors (Lipinski definition) is 3. The van der Waals surface area contributed by atoms with Crippen LogP contribution in [0.3, 0.4) is 0 Å². The summed E-state index contributed by atoms with van der Waals surface area (Å²) >= 11 is 0. The third-order valence-electron chi connectivity index (χ3n) is 5.44. The molecule has 1 aliphatic carbocycles. The first-order valence-corrected chi connectivity index (χ1v) is 11.7. The van der Waals surface area contributed by atoms with E-state index in [1.54, 1.807) is 45.0 Å². The van der Waals surface area contributed by atoms with Gasteiger partial charge in [-0.25, -0.2) is 4.79 Å². The summed E-state index contributed by atoms with van der Waals surface area (Å²) < 4.78 is 5.28. The summed E-state index contributed by atoms with van der Waals surface area (Å²) in [6.45, 7) is 10.6. The average molecular weight is 485 g/mol. The molecule has 0 heterocycles. The SMILES string of the molecule is C#Cc1ccccc1C(C(=O)NC(C)C)N(C(=O)C(CC(N)=O)NC(=O)OC(C)(C)C)C1CC1C. The molecule has 0 bridgehead atoms. The Kier molecular flexibility index (Phi) is 8.91. The smallest absolute Gasteiger partial charge is 0.408 e. The second kappa shape index (κ2) is 11.3. The highest BCUT2D eigenvalue weighted by Crippen LogP contribution is 2.41. The van der Waals surface area contributed by atoms with E-state index in [1.807, 2.05) is 20.8 Å². The Balaban J connectivity index is 2.55. The van der Waals surface area contributed by atoms with Crippen molar-refractivity contribution < 1.29 is 23.9 Å². The summed E-state index contributed by atoms with van der Waals surface area (Å²) in [7, 11) is 0. The van der Waals surface area contributed by atoms with Gasteiger partial charge in [-0.15, -0.1) is 6.42 Å². The maximum atomic E-state index is 13.9. The van der Waals surface area contributed by atoms with Gasteiger partial charge in [0.2, 0.25) is 17.7 Å². The largest absolute Gasteiger partial charge is 0.444 e. The molecule has 1 fully saturated rings. The summed E-state index contributed by atoms with van der Waals surface area (Å²) in [6.07, 6.45) is 5.05. The molecule has 2 rings (SSSR count). The topological polar surface area (TPSA) is 131 Å². The minimum Gasteiger partial charge on any atom is -0.444 e. The van der Waals surface area contributed by atoms with E-state index in [-0.39, 0.29) is 18.0 Å². The molecule has 4 amide bonds. The van der Waals surface area contributed by atoms with Gasteiger partial charge in [0.1, 0.15) is 17.7 Å². The lowest BCUT2D eigenvalue weighted by molar-refractivity contribution is -0.144. The molecule has 4 N–H and O–H groups in total. The van der Waals surface area contributed by atoms with Crippen LogP contribution in [0.25, 0.3) is 0 Å². The van der Waals surface area contributed by atoms with Gasteiger partial charge in [-0.3, -0.25) is 14.4 Å². The van der Waals surface area contributed by atoms with Crippen molar-refractivity contribution in [2.45, 2.75) is 84.2 Å². The molecule has 4 unspecified atom stereocenters. The second-order valence-corrected chi connectivity index (χ2v) is 10.2. The van der Waals surface area contributed by atoms with Crippen molar-refractivity contribution in [1.82, 2.24) is 15.5 Å². The maximum absolute atomic E-state index is 13.9. The van der Waals surface area contributed by atoms with Crippen LogP contribution in [0, 0.1) is 18.3 Å². The number of primary amides is 1. The molecule has 9 heteroatoms. The van der Waals surface area contributed by atoms with Gasteiger partial charge in [0.05, 0.1) is 6.42 Å². The molecule has 0 aromatic heterocycles. The normalized spacial score (nSPS) is 18.6. The third-order valence-corrected chi connectivity index (χ3v) is 5.44. The molecule has 0 radical (unpaired) electrons. The van der Waals surface area contributed by atoms with Gasteiger partial charge in [-0.2, -0.15) is 0 Å². The van der Waals surface area contributed by atoms with Crippen LogP contribution in [0.5, 0.6) is 0 Å². The number of terminal acetylenes is 1. The van der Waals surface area contributed by atoms with Crippen LogP contribution in [-0.4, -0.2) is 52.4 Å². The number of amides is 4. The molecule has 0 saturated heterocycles. The zero-order valence-corrected chi connectivity index (χ0v) is 21.3. The maximum Gasteiger partial charge on any atom is 0.408 e. The molecule has 9 nitrogen and oxygen atoms in total. The van der Waals surface area contributed by atoms with Gasteiger partial charge in [0, 0.05) is 17.6 Å². The van der Waals surface area contributed by atoms with Gasteiger partial charge in [-0.05, 0) is 58.6 Å². The van der Waals surface area contributed by atoms with Crippen LogP contribution in [0.4, 0.5) is 4.79 Å². The minimum atomic E-state index is -1.32. The van der Waals surface area contributed by atoms with Crippen molar-refractivity contribution in [3.05, 3.63) is 35.4 Å². The molecule has 0 aliphatic heterocycles. The van der Waals surface area contributed by atoms with E-state index in [4.69, 9.17) is 16.9 Å². The van der Waals surface area contributed by atoms with E-state index >= 15 is 0 Å². The fourth-order valence-corrected chi connectivity index (χ4v) is 3.85. The van der Waals surface area contributed by atoms with Crippen molar-refractivity contribution >= 4 is 23.8 Å². The average Bonchev–Trinajstić information content (AvgIpc) is 3.44. The van der Waals surface area contributed by atoms with Crippen molar-refractivity contribution in [2.24, 2.45) is 11.7 Å². The van der Waals surface area contributed by atoms with E-state index in [9.17, 15) is 19.2 Å². The van der Waals surface area contributed by atoms with Gasteiger partial charge >= 0.3 is 6.09 Å². The van der Waals surface area contributed by atoms with Gasteiger partial charge in [0.15, 0.2) is 0 Å². The Morgan fingerprint density at radius 2 is 1.80 bits per heavy atom. The number of carbonyl (C=O) groups excluding carboxylic acids is 4. The summed E-state index contributed by atoms with van der Waals surface area (Å²) in [5.41, 5.74) is 5.53. The summed E-state index contributed by atoms with van der Waals surface area (Å²) in [4.78, 5) is 53.2. The standard InChI is InChI=1S/C26H36N4O5/c1-8-17-11-9-10-12-18(17)22(23(32)28-15(2)3)30(20-13-16(20)4)24(33)19(14-21(27)31)29-25(34)35-26(5,6)7/h1,9-12,15-16,19-20,22H,13-14H2,2-7H3,(H2,27,31)(H,28,32)(H,29,34).